The summed E-state index contributed by atoms with van der Waals surface area (Å²) in [7, 11) is 0. The van der Waals surface area contributed by atoms with Gasteiger partial charge in [-0.3, -0.25) is 4.79 Å². The molecule has 23 heavy (non-hydrogen) atoms. The van der Waals surface area contributed by atoms with E-state index in [1.807, 2.05) is 36.4 Å². The molecule has 0 saturated carbocycles. The second-order valence-corrected chi connectivity index (χ2v) is 5.00. The number of aromatic hydroxyl groups is 1. The van der Waals surface area contributed by atoms with Gasteiger partial charge in [-0.15, -0.1) is 0 Å². The molecule has 0 bridgehead atoms. The molecule has 3 rings (SSSR count). The summed E-state index contributed by atoms with van der Waals surface area (Å²) in [5, 5.41) is 23.5. The van der Waals surface area contributed by atoms with Crippen molar-refractivity contribution >= 4 is 5.65 Å². The smallest absolute Gasteiger partial charge is 0.258 e. The molecule has 0 amide bonds. The Morgan fingerprint density at radius 2 is 2.13 bits per heavy atom. The molecule has 0 saturated heterocycles. The summed E-state index contributed by atoms with van der Waals surface area (Å²) in [6.07, 6.45) is 0.215. The molecule has 0 aliphatic rings. The van der Waals surface area contributed by atoms with Crippen molar-refractivity contribution in [3.05, 3.63) is 57.5 Å². The van der Waals surface area contributed by atoms with Crippen LogP contribution in [-0.2, 0) is 6.42 Å². The number of ether oxygens (including phenoxy) is 1. The molecule has 7 heteroatoms. The zero-order valence-electron chi connectivity index (χ0n) is 12.4. The van der Waals surface area contributed by atoms with Gasteiger partial charge < -0.3 is 14.8 Å². The summed E-state index contributed by atoms with van der Waals surface area (Å²) < 4.78 is 6.71. The van der Waals surface area contributed by atoms with Gasteiger partial charge in [0.2, 0.25) is 5.88 Å². The zero-order chi connectivity index (χ0) is 16.4. The van der Waals surface area contributed by atoms with E-state index in [4.69, 9.17) is 10.00 Å². The average Bonchev–Trinajstić information content (AvgIpc) is 2.87. The Balaban J connectivity index is 1.90. The van der Waals surface area contributed by atoms with Gasteiger partial charge in [0.1, 0.15) is 17.4 Å². The van der Waals surface area contributed by atoms with Crippen molar-refractivity contribution in [1.29, 1.82) is 5.26 Å². The van der Waals surface area contributed by atoms with Crippen molar-refractivity contribution in [1.82, 2.24) is 14.6 Å². The number of nitrogens with one attached hydrogen (secondary N) is 1. The second-order valence-electron chi connectivity index (χ2n) is 5.00. The molecule has 1 aromatic carbocycles. The lowest BCUT2D eigenvalue weighted by atomic mass is 10.2. The number of nitriles is 1. The van der Waals surface area contributed by atoms with E-state index in [2.05, 4.69) is 10.1 Å². The van der Waals surface area contributed by atoms with Crippen LogP contribution < -0.4 is 10.3 Å². The van der Waals surface area contributed by atoms with Crippen molar-refractivity contribution in [2.45, 2.75) is 13.3 Å². The summed E-state index contributed by atoms with van der Waals surface area (Å²) in [4.78, 5) is 14.7. The van der Waals surface area contributed by atoms with E-state index in [1.165, 1.54) is 4.52 Å². The fourth-order valence-electron chi connectivity index (χ4n) is 2.36. The first-order valence-electron chi connectivity index (χ1n) is 7.03. The number of rotatable bonds is 4. The Hall–Kier alpha value is -3.27. The predicted molar refractivity (Wildman–Crippen MR) is 82.6 cm³/mol. The lowest BCUT2D eigenvalue weighted by Crippen LogP contribution is -2.18. The van der Waals surface area contributed by atoms with Crippen molar-refractivity contribution in [2.75, 3.05) is 6.61 Å². The van der Waals surface area contributed by atoms with Crippen molar-refractivity contribution < 1.29 is 9.84 Å². The van der Waals surface area contributed by atoms with Gasteiger partial charge in [-0.1, -0.05) is 18.2 Å². The number of para-hydroxylation sites is 1. The molecule has 0 aliphatic heterocycles. The minimum atomic E-state index is -0.455. The van der Waals surface area contributed by atoms with Gasteiger partial charge >= 0.3 is 0 Å². The zero-order valence-corrected chi connectivity index (χ0v) is 12.4. The summed E-state index contributed by atoms with van der Waals surface area (Å²) >= 11 is 0. The van der Waals surface area contributed by atoms with Crippen LogP contribution in [0.3, 0.4) is 0 Å². The summed E-state index contributed by atoms with van der Waals surface area (Å²) in [5.41, 5.74) is 0.587. The normalized spacial score (nSPS) is 10.6. The van der Waals surface area contributed by atoms with Crippen molar-refractivity contribution in [2.24, 2.45) is 0 Å². The van der Waals surface area contributed by atoms with Crippen LogP contribution in [0.25, 0.3) is 5.65 Å². The number of aryl methyl sites for hydroxylation is 1. The first kappa shape index (κ1) is 14.7. The maximum absolute atomic E-state index is 12.2. The van der Waals surface area contributed by atoms with E-state index in [1.54, 1.807) is 6.92 Å². The Morgan fingerprint density at radius 1 is 1.39 bits per heavy atom. The molecule has 0 atom stereocenters. The molecule has 116 valence electrons. The van der Waals surface area contributed by atoms with Crippen molar-refractivity contribution in [3.8, 4) is 17.7 Å². The highest BCUT2D eigenvalue weighted by Gasteiger charge is 2.17. The quantitative estimate of drug-likeness (QED) is 0.760. The van der Waals surface area contributed by atoms with Gasteiger partial charge in [0, 0.05) is 6.42 Å². The van der Waals surface area contributed by atoms with E-state index in [-0.39, 0.29) is 35.7 Å². The topological polar surface area (TPSA) is 103 Å². The molecule has 3 aromatic rings. The predicted octanol–water partition coefficient (Wildman–Crippen LogP) is 1.53. The number of aromatic nitrogens is 3. The average molecular weight is 310 g/mol. The third-order valence-electron chi connectivity index (χ3n) is 3.51. The van der Waals surface area contributed by atoms with Crippen LogP contribution in [0.2, 0.25) is 0 Å². The Bertz CT molecular complexity index is 951. The fourth-order valence-corrected chi connectivity index (χ4v) is 2.36. The Kier molecular flexibility index (Phi) is 3.73. The molecular weight excluding hydrogens is 296 g/mol. The van der Waals surface area contributed by atoms with E-state index in [0.29, 0.717) is 11.4 Å². The maximum Gasteiger partial charge on any atom is 0.258 e. The standard InChI is InChI=1S/C16H14N4O3/c1-10-13(9-17)14-18-15(21)12(16(22)20(14)19-10)7-8-23-11-5-3-2-4-6-11/h2-6,22H,7-8H2,1H3,(H,18,21). The number of hydrogen-bond acceptors (Lipinski definition) is 5. The van der Waals surface area contributed by atoms with Gasteiger partial charge in [-0.2, -0.15) is 14.9 Å². The molecule has 7 nitrogen and oxygen atoms in total. The van der Waals surface area contributed by atoms with Crippen LogP contribution in [0.15, 0.2) is 35.1 Å². The SMILES string of the molecule is Cc1nn2c(O)c(CCOc3ccccc3)c(=O)[nH]c2c1C#N. The summed E-state index contributed by atoms with van der Waals surface area (Å²) in [6, 6.07) is 11.2. The van der Waals surface area contributed by atoms with Crippen LogP contribution in [0.5, 0.6) is 11.6 Å². The van der Waals surface area contributed by atoms with Crippen LogP contribution in [0.4, 0.5) is 0 Å². The summed E-state index contributed by atoms with van der Waals surface area (Å²) in [5.74, 6) is 0.413. The molecule has 0 radical (unpaired) electrons. The van der Waals surface area contributed by atoms with Gasteiger partial charge in [0.15, 0.2) is 5.65 Å². The highest BCUT2D eigenvalue weighted by atomic mass is 16.5. The third kappa shape index (κ3) is 2.62. The van der Waals surface area contributed by atoms with E-state index >= 15 is 0 Å². The molecule has 0 spiro atoms. The molecule has 2 N–H and O–H groups in total. The van der Waals surface area contributed by atoms with Gasteiger partial charge in [0.05, 0.1) is 17.9 Å². The Morgan fingerprint density at radius 3 is 2.83 bits per heavy atom. The summed E-state index contributed by atoms with van der Waals surface area (Å²) in [6.45, 7) is 1.87. The molecule has 0 unspecified atom stereocenters. The number of hydrogen-bond donors (Lipinski definition) is 2. The van der Waals surface area contributed by atoms with E-state index in [9.17, 15) is 9.90 Å². The third-order valence-corrected chi connectivity index (χ3v) is 3.51. The van der Waals surface area contributed by atoms with Crippen LogP contribution in [0.1, 0.15) is 16.8 Å². The molecule has 0 aliphatic carbocycles. The lowest BCUT2D eigenvalue weighted by Gasteiger charge is -2.07. The monoisotopic (exact) mass is 310 g/mol. The van der Waals surface area contributed by atoms with Crippen LogP contribution in [-0.4, -0.2) is 26.3 Å². The number of nitrogens with zero attached hydrogens (tertiary/aromatic N) is 3. The molecule has 0 fully saturated rings. The number of fused-ring (bicyclic) bond motifs is 1. The highest BCUT2D eigenvalue weighted by molar-refractivity contribution is 5.58. The largest absolute Gasteiger partial charge is 0.493 e. The van der Waals surface area contributed by atoms with E-state index in [0.717, 1.165) is 0 Å². The minimum Gasteiger partial charge on any atom is -0.493 e. The van der Waals surface area contributed by atoms with Crippen LogP contribution in [0, 0.1) is 18.3 Å². The first-order valence-corrected chi connectivity index (χ1v) is 7.03. The minimum absolute atomic E-state index is 0.167. The highest BCUT2D eigenvalue weighted by Crippen LogP contribution is 2.19. The molecular formula is C16H14N4O3. The molecule has 2 heterocycles. The van der Waals surface area contributed by atoms with Crippen LogP contribution >= 0.6 is 0 Å². The number of benzene rings is 1. The van der Waals surface area contributed by atoms with Gasteiger partial charge in [-0.05, 0) is 19.1 Å². The lowest BCUT2D eigenvalue weighted by molar-refractivity contribution is 0.317. The Labute approximate surface area is 131 Å². The number of aromatic amines is 1. The van der Waals surface area contributed by atoms with Crippen molar-refractivity contribution in [3.63, 3.8) is 0 Å². The van der Waals surface area contributed by atoms with Gasteiger partial charge in [0.25, 0.3) is 5.56 Å². The van der Waals surface area contributed by atoms with E-state index < -0.39 is 5.56 Å². The fraction of sp³-hybridized carbons (Fsp3) is 0.188. The molecule has 2 aromatic heterocycles. The van der Waals surface area contributed by atoms with Gasteiger partial charge in [-0.25, -0.2) is 0 Å². The first-order chi connectivity index (χ1) is 11.1. The number of H-pyrrole nitrogens is 1. The second kappa shape index (κ2) is 5.85. The maximum atomic E-state index is 12.2.